The average Bonchev–Trinajstić information content (AvgIpc) is 2.64. The van der Waals surface area contributed by atoms with E-state index in [9.17, 15) is 0 Å². The first kappa shape index (κ1) is 18.7. The maximum Gasteiger partial charge on any atom is 0.119 e. The first-order chi connectivity index (χ1) is 12.2. The first-order valence-electron chi connectivity index (χ1n) is 9.02. The van der Waals surface area contributed by atoms with E-state index < -0.39 is 0 Å². The summed E-state index contributed by atoms with van der Waals surface area (Å²) in [7, 11) is 1.72. The molecule has 0 spiro atoms. The molecule has 4 heteroatoms. The highest BCUT2D eigenvalue weighted by Crippen LogP contribution is 2.19. The highest BCUT2D eigenvalue weighted by Gasteiger charge is 2.21. The van der Waals surface area contributed by atoms with E-state index >= 15 is 0 Å². The molecule has 1 aliphatic rings. The van der Waals surface area contributed by atoms with Crippen molar-refractivity contribution in [1.29, 1.82) is 0 Å². The van der Waals surface area contributed by atoms with Gasteiger partial charge in [-0.15, -0.1) is 0 Å². The predicted molar refractivity (Wildman–Crippen MR) is 112 cm³/mol. The lowest BCUT2D eigenvalue weighted by atomic mass is 10.0. The van der Waals surface area contributed by atoms with E-state index in [2.05, 4.69) is 81.3 Å². The van der Waals surface area contributed by atoms with E-state index in [4.69, 9.17) is 4.74 Å². The van der Waals surface area contributed by atoms with Gasteiger partial charge in [0.2, 0.25) is 0 Å². The zero-order valence-corrected chi connectivity index (χ0v) is 17.0. The van der Waals surface area contributed by atoms with Crippen LogP contribution in [0.4, 0.5) is 0 Å². The summed E-state index contributed by atoms with van der Waals surface area (Å²) in [5.74, 6) is 0.940. The number of methoxy groups -OCH3 is 1. The largest absolute Gasteiger partial charge is 0.497 e. The Bertz CT molecular complexity index is 641. The van der Waals surface area contributed by atoms with Crippen LogP contribution in [0.2, 0.25) is 0 Å². The number of nitrogens with one attached hydrogen (secondary N) is 1. The Morgan fingerprint density at radius 2 is 1.80 bits per heavy atom. The van der Waals surface area contributed by atoms with Gasteiger partial charge in [0.25, 0.3) is 0 Å². The standard InChI is InChI=1S/C21H27IN2O/c1-25-20-9-5-8-18(14-20)15-21(22)23-19-10-12-24(13-11-19)16-17-6-3-2-4-7-17/h2-9,14,19,21,23H,10-13,15-16H2,1H3. The van der Waals surface area contributed by atoms with Gasteiger partial charge >= 0.3 is 0 Å². The fraction of sp³-hybridized carbons (Fsp3) is 0.429. The van der Waals surface area contributed by atoms with Gasteiger partial charge in [-0.25, -0.2) is 0 Å². The normalized spacial score (nSPS) is 17.4. The molecule has 134 valence electrons. The van der Waals surface area contributed by atoms with Crippen LogP contribution in [-0.4, -0.2) is 35.2 Å². The third-order valence-electron chi connectivity index (χ3n) is 4.80. The number of halogens is 1. The second-order valence-corrected chi connectivity index (χ2v) is 8.23. The van der Waals surface area contributed by atoms with Crippen molar-refractivity contribution in [1.82, 2.24) is 10.2 Å². The van der Waals surface area contributed by atoms with E-state index in [0.29, 0.717) is 10.1 Å². The summed E-state index contributed by atoms with van der Waals surface area (Å²) in [6, 6.07) is 19.8. The van der Waals surface area contributed by atoms with Gasteiger partial charge in [0.05, 0.1) is 11.2 Å². The molecule has 0 radical (unpaired) electrons. The van der Waals surface area contributed by atoms with E-state index in [1.165, 1.54) is 37.1 Å². The molecule has 1 unspecified atom stereocenters. The summed E-state index contributed by atoms with van der Waals surface area (Å²) in [4.78, 5) is 2.57. The monoisotopic (exact) mass is 450 g/mol. The van der Waals surface area contributed by atoms with Crippen molar-refractivity contribution < 1.29 is 4.74 Å². The van der Waals surface area contributed by atoms with Crippen LogP contribution in [0.15, 0.2) is 54.6 Å². The second kappa shape index (κ2) is 9.55. The average molecular weight is 450 g/mol. The van der Waals surface area contributed by atoms with Gasteiger partial charge in [0, 0.05) is 12.6 Å². The summed E-state index contributed by atoms with van der Waals surface area (Å²) >= 11 is 2.53. The lowest BCUT2D eigenvalue weighted by molar-refractivity contribution is 0.190. The second-order valence-electron chi connectivity index (χ2n) is 6.73. The van der Waals surface area contributed by atoms with Gasteiger partial charge in [-0.3, -0.25) is 4.90 Å². The first-order valence-corrected chi connectivity index (χ1v) is 10.3. The summed E-state index contributed by atoms with van der Waals surface area (Å²) in [6.45, 7) is 3.43. The Hall–Kier alpha value is -1.11. The van der Waals surface area contributed by atoms with Gasteiger partial charge in [-0.05, 0) is 55.6 Å². The van der Waals surface area contributed by atoms with Gasteiger partial charge in [-0.2, -0.15) is 0 Å². The van der Waals surface area contributed by atoms with Crippen molar-refractivity contribution in [3.63, 3.8) is 0 Å². The quantitative estimate of drug-likeness (QED) is 0.388. The zero-order chi connectivity index (χ0) is 17.5. The molecule has 0 aliphatic carbocycles. The molecule has 1 saturated heterocycles. The van der Waals surface area contributed by atoms with Crippen LogP contribution in [-0.2, 0) is 13.0 Å². The van der Waals surface area contributed by atoms with Crippen molar-refractivity contribution in [2.24, 2.45) is 0 Å². The molecule has 1 heterocycles. The molecule has 0 saturated carbocycles. The molecule has 0 amide bonds. The number of rotatable bonds is 7. The van der Waals surface area contributed by atoms with Crippen LogP contribution in [0, 0.1) is 0 Å². The molecular formula is C21H27IN2O. The highest BCUT2D eigenvalue weighted by atomic mass is 127. The van der Waals surface area contributed by atoms with E-state index in [1.807, 2.05) is 6.07 Å². The summed E-state index contributed by atoms with van der Waals surface area (Å²) < 4.78 is 5.77. The number of hydrogen-bond acceptors (Lipinski definition) is 3. The molecular weight excluding hydrogens is 423 g/mol. The molecule has 2 aromatic rings. The lowest BCUT2D eigenvalue weighted by Crippen LogP contribution is -2.44. The summed E-state index contributed by atoms with van der Waals surface area (Å²) in [6.07, 6.45) is 3.48. The Labute approximate surface area is 164 Å². The molecule has 0 aromatic heterocycles. The van der Waals surface area contributed by atoms with Crippen molar-refractivity contribution in [3.8, 4) is 5.75 Å². The molecule has 25 heavy (non-hydrogen) atoms. The minimum Gasteiger partial charge on any atom is -0.497 e. The summed E-state index contributed by atoms with van der Waals surface area (Å²) in [5.41, 5.74) is 2.74. The van der Waals surface area contributed by atoms with E-state index in [0.717, 1.165) is 18.7 Å². The number of benzene rings is 2. The molecule has 0 bridgehead atoms. The van der Waals surface area contributed by atoms with Gasteiger partial charge in [0.1, 0.15) is 5.75 Å². The Morgan fingerprint density at radius 1 is 1.08 bits per heavy atom. The molecule has 1 N–H and O–H groups in total. The number of piperidine rings is 1. The van der Waals surface area contributed by atoms with Crippen molar-refractivity contribution in [2.45, 2.75) is 35.9 Å². The van der Waals surface area contributed by atoms with Crippen LogP contribution in [0.25, 0.3) is 0 Å². The van der Waals surface area contributed by atoms with Crippen LogP contribution >= 0.6 is 22.6 Å². The molecule has 3 nitrogen and oxygen atoms in total. The summed E-state index contributed by atoms with van der Waals surface area (Å²) in [5, 5.41) is 3.81. The lowest BCUT2D eigenvalue weighted by Gasteiger charge is -2.33. The maximum atomic E-state index is 5.32. The molecule has 1 atom stereocenters. The number of ether oxygens (including phenoxy) is 1. The number of hydrogen-bond donors (Lipinski definition) is 1. The predicted octanol–water partition coefficient (Wildman–Crippen LogP) is 4.25. The molecule has 3 rings (SSSR count). The van der Waals surface area contributed by atoms with Gasteiger partial charge < -0.3 is 10.1 Å². The number of likely N-dealkylation sites (tertiary alicyclic amines) is 1. The third kappa shape index (κ3) is 5.97. The Kier molecular flexibility index (Phi) is 7.13. The third-order valence-corrected chi connectivity index (χ3v) is 5.60. The minimum atomic E-state index is 0.454. The molecule has 2 aromatic carbocycles. The topological polar surface area (TPSA) is 24.5 Å². The number of alkyl halides is 1. The van der Waals surface area contributed by atoms with E-state index in [-0.39, 0.29) is 0 Å². The minimum absolute atomic E-state index is 0.454. The van der Waals surface area contributed by atoms with E-state index in [1.54, 1.807) is 7.11 Å². The van der Waals surface area contributed by atoms with Crippen LogP contribution < -0.4 is 10.1 Å². The zero-order valence-electron chi connectivity index (χ0n) is 14.8. The van der Waals surface area contributed by atoms with Crippen LogP contribution in [0.3, 0.4) is 0 Å². The van der Waals surface area contributed by atoms with Gasteiger partial charge in [0.15, 0.2) is 0 Å². The van der Waals surface area contributed by atoms with Crippen molar-refractivity contribution in [2.75, 3.05) is 20.2 Å². The Morgan fingerprint density at radius 3 is 2.52 bits per heavy atom. The van der Waals surface area contributed by atoms with Crippen LogP contribution in [0.1, 0.15) is 24.0 Å². The highest BCUT2D eigenvalue weighted by molar-refractivity contribution is 14.1. The SMILES string of the molecule is COc1cccc(CC(I)NC2CCN(Cc3ccccc3)CC2)c1. The van der Waals surface area contributed by atoms with Crippen molar-refractivity contribution in [3.05, 3.63) is 65.7 Å². The molecule has 1 fully saturated rings. The fourth-order valence-corrected chi connectivity index (χ4v) is 4.44. The van der Waals surface area contributed by atoms with Gasteiger partial charge in [-0.1, -0.05) is 65.1 Å². The van der Waals surface area contributed by atoms with Crippen molar-refractivity contribution >= 4 is 22.6 Å². The molecule has 1 aliphatic heterocycles. The Balaban J connectivity index is 1.42. The number of nitrogens with zero attached hydrogens (tertiary/aromatic N) is 1. The van der Waals surface area contributed by atoms with Crippen LogP contribution in [0.5, 0.6) is 5.75 Å². The maximum absolute atomic E-state index is 5.32. The smallest absolute Gasteiger partial charge is 0.119 e. The fourth-order valence-electron chi connectivity index (χ4n) is 3.42.